The van der Waals surface area contributed by atoms with Crippen LogP contribution in [0, 0.1) is 0 Å². The minimum atomic E-state index is -0.211. The van der Waals surface area contributed by atoms with Crippen molar-refractivity contribution in [2.45, 2.75) is 38.0 Å². The van der Waals surface area contributed by atoms with Gasteiger partial charge in [0, 0.05) is 17.8 Å². The average molecular weight is 385 g/mol. The third-order valence-corrected chi connectivity index (χ3v) is 5.79. The Kier molecular flexibility index (Phi) is 4.64. The molecule has 0 aliphatic carbocycles. The molecule has 29 heavy (non-hydrogen) atoms. The lowest BCUT2D eigenvalue weighted by Gasteiger charge is -2.33. The maximum atomic E-state index is 12.7. The van der Waals surface area contributed by atoms with Crippen LogP contribution >= 0.6 is 0 Å². The fraction of sp³-hybridized carbons (Fsp3) is 0.250. The van der Waals surface area contributed by atoms with Gasteiger partial charge in [0.15, 0.2) is 0 Å². The van der Waals surface area contributed by atoms with Crippen molar-refractivity contribution < 1.29 is 9.53 Å². The molecule has 0 radical (unpaired) electrons. The number of hydrogen-bond acceptors (Lipinski definition) is 3. The minimum Gasteiger partial charge on any atom is -0.445 e. The molecule has 2 aliphatic rings. The predicted octanol–water partition coefficient (Wildman–Crippen LogP) is 4.83. The smallest absolute Gasteiger partial charge is 0.410 e. The molecule has 5 nitrogen and oxygen atoms in total. The van der Waals surface area contributed by atoms with Crippen molar-refractivity contribution in [3.05, 3.63) is 90.3 Å². The average Bonchev–Trinajstić information content (AvgIpc) is 3.36. The summed E-state index contributed by atoms with van der Waals surface area (Å²) in [6.07, 6.45) is 8.85. The van der Waals surface area contributed by atoms with Crippen molar-refractivity contribution >= 4 is 11.7 Å². The molecule has 2 atom stereocenters. The quantitative estimate of drug-likeness (QED) is 0.646. The summed E-state index contributed by atoms with van der Waals surface area (Å²) in [4.78, 5) is 14.6. The second-order valence-electron chi connectivity index (χ2n) is 7.65. The van der Waals surface area contributed by atoms with E-state index in [0.29, 0.717) is 6.61 Å². The highest BCUT2D eigenvalue weighted by Crippen LogP contribution is 2.39. The van der Waals surface area contributed by atoms with E-state index in [2.05, 4.69) is 17.4 Å². The third-order valence-electron chi connectivity index (χ3n) is 5.79. The lowest BCUT2D eigenvalue weighted by molar-refractivity contribution is 0.0832. The Morgan fingerprint density at radius 1 is 1.03 bits per heavy atom. The van der Waals surface area contributed by atoms with Crippen molar-refractivity contribution in [2.75, 3.05) is 0 Å². The Hall–Kier alpha value is -3.34. The highest BCUT2D eigenvalue weighted by Gasteiger charge is 2.40. The summed E-state index contributed by atoms with van der Waals surface area (Å²) in [5, 5.41) is 4.52. The second kappa shape index (κ2) is 7.59. The van der Waals surface area contributed by atoms with Crippen LogP contribution in [-0.4, -0.2) is 32.9 Å². The van der Waals surface area contributed by atoms with Crippen molar-refractivity contribution in [3.8, 4) is 5.69 Å². The topological polar surface area (TPSA) is 47.4 Å². The Morgan fingerprint density at radius 2 is 1.79 bits per heavy atom. The summed E-state index contributed by atoms with van der Waals surface area (Å²) < 4.78 is 7.49. The maximum Gasteiger partial charge on any atom is 0.410 e. The van der Waals surface area contributed by atoms with E-state index in [0.717, 1.165) is 36.1 Å². The molecular weight excluding hydrogens is 362 g/mol. The normalized spacial score (nSPS) is 20.4. The van der Waals surface area contributed by atoms with Gasteiger partial charge in [-0.25, -0.2) is 9.48 Å². The first kappa shape index (κ1) is 17.7. The van der Waals surface area contributed by atoms with Crippen LogP contribution in [0.4, 0.5) is 4.79 Å². The van der Waals surface area contributed by atoms with Crippen LogP contribution in [0.15, 0.2) is 79.1 Å². The highest BCUT2D eigenvalue weighted by atomic mass is 16.6. The fourth-order valence-corrected chi connectivity index (χ4v) is 4.33. The molecule has 0 saturated carbocycles. The Labute approximate surface area is 170 Å². The zero-order valence-corrected chi connectivity index (χ0v) is 16.1. The summed E-state index contributed by atoms with van der Waals surface area (Å²) in [5.74, 6) is 0. The van der Waals surface area contributed by atoms with Crippen LogP contribution in [0.2, 0.25) is 0 Å². The molecule has 2 aliphatic heterocycles. The molecular formula is C24H23N3O2. The highest BCUT2D eigenvalue weighted by molar-refractivity contribution is 5.74. The number of carbonyl (C=O) groups is 1. The first-order valence-corrected chi connectivity index (χ1v) is 10.1. The van der Waals surface area contributed by atoms with Crippen LogP contribution in [0.3, 0.4) is 0 Å². The van der Waals surface area contributed by atoms with Gasteiger partial charge in [0.05, 0.1) is 17.9 Å². The lowest BCUT2D eigenvalue weighted by Crippen LogP contribution is -2.43. The van der Waals surface area contributed by atoms with Gasteiger partial charge in [-0.15, -0.1) is 0 Å². The van der Waals surface area contributed by atoms with Crippen molar-refractivity contribution in [1.29, 1.82) is 0 Å². The third kappa shape index (κ3) is 3.56. The van der Waals surface area contributed by atoms with E-state index < -0.39 is 0 Å². The second-order valence-corrected chi connectivity index (χ2v) is 7.65. The van der Waals surface area contributed by atoms with Gasteiger partial charge in [-0.05, 0) is 42.5 Å². The number of benzene rings is 2. The number of nitrogens with zero attached hydrogens (tertiary/aromatic N) is 3. The van der Waals surface area contributed by atoms with E-state index in [1.165, 1.54) is 5.57 Å². The summed E-state index contributed by atoms with van der Waals surface area (Å²) >= 11 is 0. The van der Waals surface area contributed by atoms with Gasteiger partial charge in [0.1, 0.15) is 6.61 Å². The van der Waals surface area contributed by atoms with Gasteiger partial charge in [-0.1, -0.05) is 54.6 Å². The molecule has 1 aromatic heterocycles. The number of ether oxygens (including phenoxy) is 1. The van der Waals surface area contributed by atoms with Crippen LogP contribution in [0.25, 0.3) is 11.3 Å². The van der Waals surface area contributed by atoms with E-state index in [1.54, 1.807) is 0 Å². The first-order chi connectivity index (χ1) is 14.3. The monoisotopic (exact) mass is 385 g/mol. The van der Waals surface area contributed by atoms with E-state index >= 15 is 0 Å². The molecule has 1 saturated heterocycles. The Balaban J connectivity index is 1.30. The van der Waals surface area contributed by atoms with E-state index in [-0.39, 0.29) is 18.2 Å². The fourth-order valence-electron chi connectivity index (χ4n) is 4.33. The SMILES string of the molecule is O=C(OCc1ccccc1)N1C2C=C(c3cnn(-c4ccccc4)c3)CC1CC2. The summed E-state index contributed by atoms with van der Waals surface area (Å²) in [7, 11) is 0. The number of amides is 1. The van der Waals surface area contributed by atoms with Gasteiger partial charge < -0.3 is 4.74 Å². The largest absolute Gasteiger partial charge is 0.445 e. The van der Waals surface area contributed by atoms with E-state index in [9.17, 15) is 4.79 Å². The van der Waals surface area contributed by atoms with Gasteiger partial charge in [-0.2, -0.15) is 5.10 Å². The van der Waals surface area contributed by atoms with Gasteiger partial charge in [-0.3, -0.25) is 4.90 Å². The van der Waals surface area contributed by atoms with Crippen molar-refractivity contribution in [1.82, 2.24) is 14.7 Å². The van der Waals surface area contributed by atoms with Crippen LogP contribution in [0.1, 0.15) is 30.4 Å². The molecule has 3 heterocycles. The van der Waals surface area contributed by atoms with Crippen molar-refractivity contribution in [3.63, 3.8) is 0 Å². The first-order valence-electron chi connectivity index (χ1n) is 10.1. The molecule has 146 valence electrons. The van der Waals surface area contributed by atoms with Crippen molar-refractivity contribution in [2.24, 2.45) is 0 Å². The number of para-hydroxylation sites is 1. The predicted molar refractivity (Wildman–Crippen MR) is 111 cm³/mol. The number of aromatic nitrogens is 2. The summed E-state index contributed by atoms with van der Waals surface area (Å²) in [5.41, 5.74) is 4.45. The summed E-state index contributed by atoms with van der Waals surface area (Å²) in [6.45, 7) is 0.316. The molecule has 0 spiro atoms. The number of fused-ring (bicyclic) bond motifs is 2. The van der Waals surface area contributed by atoms with Gasteiger partial charge in [0.2, 0.25) is 0 Å². The van der Waals surface area contributed by atoms with E-state index in [4.69, 9.17) is 4.74 Å². The molecule has 0 N–H and O–H groups in total. The van der Waals surface area contributed by atoms with Gasteiger partial charge >= 0.3 is 6.09 Å². The zero-order valence-electron chi connectivity index (χ0n) is 16.1. The Morgan fingerprint density at radius 3 is 2.55 bits per heavy atom. The molecule has 1 amide bonds. The molecule has 2 bridgehead atoms. The molecule has 1 fully saturated rings. The maximum absolute atomic E-state index is 12.7. The summed E-state index contributed by atoms with van der Waals surface area (Å²) in [6, 6.07) is 20.2. The molecule has 5 heteroatoms. The molecule has 2 aromatic carbocycles. The number of carbonyl (C=O) groups excluding carboxylic acids is 1. The molecule has 3 aromatic rings. The van der Waals surface area contributed by atoms with Crippen LogP contribution < -0.4 is 0 Å². The lowest BCUT2D eigenvalue weighted by atomic mass is 9.97. The molecule has 5 rings (SSSR count). The molecule has 2 unspecified atom stereocenters. The number of hydrogen-bond donors (Lipinski definition) is 0. The van der Waals surface area contributed by atoms with E-state index in [1.807, 2.05) is 76.4 Å². The van der Waals surface area contributed by atoms with Crippen LogP contribution in [0.5, 0.6) is 0 Å². The Bertz CT molecular complexity index is 1030. The minimum absolute atomic E-state index is 0.104. The van der Waals surface area contributed by atoms with Crippen LogP contribution in [-0.2, 0) is 11.3 Å². The standard InChI is InChI=1S/C24H23N3O2/c28-24(29-17-18-7-3-1-4-8-18)27-22-11-12-23(27)14-19(13-22)20-15-25-26(16-20)21-9-5-2-6-10-21/h1-10,13,15-16,22-23H,11-12,14,17H2. The number of rotatable bonds is 4. The van der Waals surface area contributed by atoms with Gasteiger partial charge in [0.25, 0.3) is 0 Å². The zero-order chi connectivity index (χ0) is 19.6.